The van der Waals surface area contributed by atoms with E-state index < -0.39 is 6.04 Å². The minimum atomic E-state index is -0.538. The van der Waals surface area contributed by atoms with E-state index in [0.717, 1.165) is 36.8 Å². The molecule has 0 saturated heterocycles. The molecule has 0 aliphatic rings. The Kier molecular flexibility index (Phi) is 11.3. The van der Waals surface area contributed by atoms with Crippen molar-refractivity contribution >= 4 is 17.5 Å². The van der Waals surface area contributed by atoms with Gasteiger partial charge in [0.25, 0.3) is 0 Å². The first-order chi connectivity index (χ1) is 12.9. The summed E-state index contributed by atoms with van der Waals surface area (Å²) in [5.41, 5.74) is 8.07. The molecule has 0 radical (unpaired) electrons. The number of unbranched alkanes of at least 4 members (excludes halogenated alkanes) is 3. The van der Waals surface area contributed by atoms with E-state index in [9.17, 15) is 14.4 Å². The van der Waals surface area contributed by atoms with Crippen molar-refractivity contribution < 1.29 is 14.4 Å². The molecule has 0 saturated carbocycles. The van der Waals surface area contributed by atoms with E-state index in [1.165, 1.54) is 0 Å². The molecule has 0 aromatic heterocycles. The van der Waals surface area contributed by atoms with Gasteiger partial charge in [-0.1, -0.05) is 62.4 Å². The van der Waals surface area contributed by atoms with Gasteiger partial charge in [0.2, 0.25) is 5.91 Å². The Bertz CT molecular complexity index is 613. The molecule has 1 aromatic carbocycles. The second-order valence-corrected chi connectivity index (χ2v) is 7.26. The summed E-state index contributed by atoms with van der Waals surface area (Å²) < 4.78 is 0. The maximum atomic E-state index is 12.0. The van der Waals surface area contributed by atoms with Crippen molar-refractivity contribution in [2.45, 2.75) is 84.2 Å². The summed E-state index contributed by atoms with van der Waals surface area (Å²) in [6.07, 6.45) is 5.80. The van der Waals surface area contributed by atoms with Crippen LogP contribution in [0.4, 0.5) is 0 Å². The van der Waals surface area contributed by atoms with E-state index >= 15 is 0 Å². The zero-order valence-corrected chi connectivity index (χ0v) is 16.8. The number of aryl methyl sites for hydroxylation is 1. The number of carbonyl (C=O) groups excluding carboxylic acids is 3. The summed E-state index contributed by atoms with van der Waals surface area (Å²) in [7, 11) is 0. The Morgan fingerprint density at radius 1 is 1.07 bits per heavy atom. The van der Waals surface area contributed by atoms with Gasteiger partial charge in [0.15, 0.2) is 5.78 Å². The first kappa shape index (κ1) is 23.0. The topological polar surface area (TPSA) is 89.3 Å². The highest BCUT2D eigenvalue weighted by Gasteiger charge is 2.17. The number of nitrogens with two attached hydrogens (primary N) is 1. The molecular weight excluding hydrogens is 340 g/mol. The SMILES string of the molecule is CCCCCCC(N)C(=O)CC(=O)CCCC(=O)NCc1cccc(C)c1. The van der Waals surface area contributed by atoms with Crippen molar-refractivity contribution in [3.05, 3.63) is 35.4 Å². The summed E-state index contributed by atoms with van der Waals surface area (Å²) in [5, 5.41) is 2.86. The number of rotatable bonds is 14. The summed E-state index contributed by atoms with van der Waals surface area (Å²) in [4.78, 5) is 35.8. The zero-order chi connectivity index (χ0) is 20.1. The quantitative estimate of drug-likeness (QED) is 0.384. The standard InChI is InChI=1S/C22H34N2O3/c1-3-4-5-6-12-20(23)21(26)15-19(25)11-8-13-22(27)24-16-18-10-7-9-17(2)14-18/h7,9-10,14,20H,3-6,8,11-13,15-16,23H2,1-2H3,(H,24,27). The summed E-state index contributed by atoms with van der Waals surface area (Å²) in [6, 6.07) is 7.42. The van der Waals surface area contributed by atoms with Crippen LogP contribution in [0.3, 0.4) is 0 Å². The lowest BCUT2D eigenvalue weighted by atomic mass is 9.99. The second-order valence-electron chi connectivity index (χ2n) is 7.26. The Balaban J connectivity index is 2.16. The maximum Gasteiger partial charge on any atom is 0.220 e. The molecule has 5 heteroatoms. The lowest BCUT2D eigenvalue weighted by Gasteiger charge is -2.10. The predicted octanol–water partition coefficient (Wildman–Crippen LogP) is 3.61. The molecular formula is C22H34N2O3. The Morgan fingerprint density at radius 2 is 1.85 bits per heavy atom. The number of benzene rings is 1. The number of Topliss-reactive ketones (excluding diaryl/α,β-unsaturated/α-hetero) is 2. The van der Waals surface area contributed by atoms with Crippen molar-refractivity contribution in [2.75, 3.05) is 0 Å². The first-order valence-corrected chi connectivity index (χ1v) is 10.0. The molecule has 1 unspecified atom stereocenters. The smallest absolute Gasteiger partial charge is 0.220 e. The molecule has 0 aliphatic carbocycles. The van der Waals surface area contributed by atoms with Crippen molar-refractivity contribution in [1.82, 2.24) is 5.32 Å². The highest BCUT2D eigenvalue weighted by Crippen LogP contribution is 2.08. The van der Waals surface area contributed by atoms with Gasteiger partial charge in [0.05, 0.1) is 12.5 Å². The van der Waals surface area contributed by atoms with Crippen LogP contribution in [0.1, 0.15) is 75.8 Å². The van der Waals surface area contributed by atoms with Crippen LogP contribution >= 0.6 is 0 Å². The highest BCUT2D eigenvalue weighted by molar-refractivity contribution is 6.01. The molecule has 5 nitrogen and oxygen atoms in total. The van der Waals surface area contributed by atoms with Crippen molar-refractivity contribution in [3.8, 4) is 0 Å². The minimum Gasteiger partial charge on any atom is -0.352 e. The van der Waals surface area contributed by atoms with Crippen LogP contribution < -0.4 is 11.1 Å². The number of amides is 1. The Labute approximate surface area is 163 Å². The monoisotopic (exact) mass is 374 g/mol. The van der Waals surface area contributed by atoms with Crippen LogP contribution in [0, 0.1) is 6.92 Å². The highest BCUT2D eigenvalue weighted by atomic mass is 16.2. The van der Waals surface area contributed by atoms with Gasteiger partial charge < -0.3 is 11.1 Å². The van der Waals surface area contributed by atoms with Gasteiger partial charge in [-0.25, -0.2) is 0 Å². The van der Waals surface area contributed by atoms with Crippen LogP contribution in [0.25, 0.3) is 0 Å². The third kappa shape index (κ3) is 10.7. The normalized spacial score (nSPS) is 11.8. The molecule has 1 amide bonds. The number of carbonyl (C=O) groups is 3. The summed E-state index contributed by atoms with van der Waals surface area (Å²) in [6.45, 7) is 4.63. The fourth-order valence-electron chi connectivity index (χ4n) is 2.92. The molecule has 150 valence electrons. The lowest BCUT2D eigenvalue weighted by molar-refractivity contribution is -0.127. The summed E-state index contributed by atoms with van der Waals surface area (Å²) in [5.74, 6) is -0.390. The molecule has 1 aromatic rings. The third-order valence-electron chi connectivity index (χ3n) is 4.59. The van der Waals surface area contributed by atoms with Crippen molar-refractivity contribution in [1.29, 1.82) is 0 Å². The fraction of sp³-hybridized carbons (Fsp3) is 0.591. The van der Waals surface area contributed by atoms with E-state index in [-0.39, 0.29) is 36.7 Å². The molecule has 0 aliphatic heterocycles. The van der Waals surface area contributed by atoms with Crippen LogP contribution in [0.15, 0.2) is 24.3 Å². The molecule has 0 bridgehead atoms. The average Bonchev–Trinajstić information content (AvgIpc) is 2.63. The van der Waals surface area contributed by atoms with Gasteiger partial charge in [-0.05, 0) is 25.3 Å². The second kappa shape index (κ2) is 13.2. The van der Waals surface area contributed by atoms with Crippen LogP contribution in [-0.4, -0.2) is 23.5 Å². The molecule has 0 spiro atoms. The number of ketones is 2. The van der Waals surface area contributed by atoms with E-state index in [2.05, 4.69) is 12.2 Å². The first-order valence-electron chi connectivity index (χ1n) is 10.0. The van der Waals surface area contributed by atoms with Crippen LogP contribution in [-0.2, 0) is 20.9 Å². The van der Waals surface area contributed by atoms with E-state index in [1.807, 2.05) is 31.2 Å². The van der Waals surface area contributed by atoms with Crippen molar-refractivity contribution in [3.63, 3.8) is 0 Å². The molecule has 27 heavy (non-hydrogen) atoms. The molecule has 0 fully saturated rings. The van der Waals surface area contributed by atoms with Gasteiger partial charge in [0, 0.05) is 19.4 Å². The molecule has 3 N–H and O–H groups in total. The van der Waals surface area contributed by atoms with Gasteiger partial charge in [-0.3, -0.25) is 14.4 Å². The maximum absolute atomic E-state index is 12.0. The summed E-state index contributed by atoms with van der Waals surface area (Å²) >= 11 is 0. The van der Waals surface area contributed by atoms with Crippen molar-refractivity contribution in [2.24, 2.45) is 5.73 Å². The van der Waals surface area contributed by atoms with Gasteiger partial charge in [-0.2, -0.15) is 0 Å². The van der Waals surface area contributed by atoms with Gasteiger partial charge in [0.1, 0.15) is 5.78 Å². The minimum absolute atomic E-state index is 0.0803. The van der Waals surface area contributed by atoms with Crippen LogP contribution in [0.5, 0.6) is 0 Å². The Morgan fingerprint density at radius 3 is 2.56 bits per heavy atom. The van der Waals surface area contributed by atoms with E-state index in [4.69, 9.17) is 5.73 Å². The molecule has 0 heterocycles. The lowest BCUT2D eigenvalue weighted by Crippen LogP contribution is -2.32. The van der Waals surface area contributed by atoms with Gasteiger partial charge in [-0.15, -0.1) is 0 Å². The Hall–Kier alpha value is -2.01. The van der Waals surface area contributed by atoms with E-state index in [0.29, 0.717) is 19.4 Å². The number of hydrogen-bond acceptors (Lipinski definition) is 4. The number of hydrogen-bond donors (Lipinski definition) is 2. The number of nitrogens with one attached hydrogen (secondary N) is 1. The molecule has 1 rings (SSSR count). The van der Waals surface area contributed by atoms with E-state index in [1.54, 1.807) is 0 Å². The third-order valence-corrected chi connectivity index (χ3v) is 4.59. The predicted molar refractivity (Wildman–Crippen MR) is 108 cm³/mol. The van der Waals surface area contributed by atoms with Gasteiger partial charge >= 0.3 is 0 Å². The largest absolute Gasteiger partial charge is 0.352 e. The fourth-order valence-corrected chi connectivity index (χ4v) is 2.92. The average molecular weight is 375 g/mol. The van der Waals surface area contributed by atoms with Crippen LogP contribution in [0.2, 0.25) is 0 Å². The zero-order valence-electron chi connectivity index (χ0n) is 16.8. The molecule has 1 atom stereocenters.